The number of nitrogens with zero attached hydrogens (tertiary/aromatic N) is 3. The van der Waals surface area contributed by atoms with Crippen molar-refractivity contribution in [3.63, 3.8) is 0 Å². The fourth-order valence-electron chi connectivity index (χ4n) is 4.84. The van der Waals surface area contributed by atoms with Crippen LogP contribution in [0.2, 0.25) is 0 Å². The molecule has 186 valence electrons. The van der Waals surface area contributed by atoms with Crippen molar-refractivity contribution in [2.45, 2.75) is 57.0 Å². The number of hydrogen-bond donors (Lipinski definition) is 4. The molecule has 35 heavy (non-hydrogen) atoms. The van der Waals surface area contributed by atoms with Gasteiger partial charge in [0.25, 0.3) is 5.91 Å². The van der Waals surface area contributed by atoms with Crippen LogP contribution >= 0.6 is 0 Å². The third kappa shape index (κ3) is 6.40. The van der Waals surface area contributed by atoms with Crippen molar-refractivity contribution in [1.82, 2.24) is 15.5 Å². The Morgan fingerprint density at radius 2 is 1.80 bits per heavy atom. The highest BCUT2D eigenvalue weighted by Crippen LogP contribution is 2.29. The molecule has 2 aliphatic heterocycles. The first kappa shape index (κ1) is 24.7. The highest BCUT2D eigenvalue weighted by Gasteiger charge is 2.35. The number of benzene rings is 1. The highest BCUT2D eigenvalue weighted by molar-refractivity contribution is 6.22. The van der Waals surface area contributed by atoms with Crippen LogP contribution in [-0.2, 0) is 16.1 Å². The summed E-state index contributed by atoms with van der Waals surface area (Å²) in [6.45, 7) is 4.73. The zero-order valence-corrected chi connectivity index (χ0v) is 20.2. The second kappa shape index (κ2) is 10.9. The first-order valence-corrected chi connectivity index (χ1v) is 12.5. The van der Waals surface area contributed by atoms with Gasteiger partial charge in [-0.2, -0.15) is 5.26 Å². The number of primary amides is 1. The second-order valence-electron chi connectivity index (χ2n) is 9.96. The predicted molar refractivity (Wildman–Crippen MR) is 134 cm³/mol. The van der Waals surface area contributed by atoms with Crippen LogP contribution in [0.15, 0.2) is 36.0 Å². The predicted octanol–water partition coefficient (Wildman–Crippen LogP) is 2.00. The molecule has 1 aromatic rings. The van der Waals surface area contributed by atoms with Crippen LogP contribution in [0.4, 0.5) is 5.69 Å². The Hall–Kier alpha value is -3.38. The van der Waals surface area contributed by atoms with Crippen molar-refractivity contribution in [1.29, 1.82) is 10.7 Å². The van der Waals surface area contributed by atoms with Crippen molar-refractivity contribution in [2.24, 2.45) is 11.7 Å². The number of carbonyl (C=O) groups is 2. The Morgan fingerprint density at radius 3 is 2.37 bits per heavy atom. The van der Waals surface area contributed by atoms with Gasteiger partial charge in [-0.25, -0.2) is 0 Å². The highest BCUT2D eigenvalue weighted by atomic mass is 16.2. The summed E-state index contributed by atoms with van der Waals surface area (Å²) < 4.78 is 0. The van der Waals surface area contributed by atoms with E-state index in [0.717, 1.165) is 58.4 Å². The molecule has 9 nitrogen and oxygen atoms in total. The lowest BCUT2D eigenvalue weighted by Gasteiger charge is -2.41. The van der Waals surface area contributed by atoms with Gasteiger partial charge < -0.3 is 21.3 Å². The van der Waals surface area contributed by atoms with E-state index in [0.29, 0.717) is 0 Å². The summed E-state index contributed by atoms with van der Waals surface area (Å²) in [6.07, 6.45) is 7.25. The molecule has 3 aliphatic rings. The molecule has 1 aromatic carbocycles. The molecule has 1 aliphatic carbocycles. The zero-order chi connectivity index (χ0) is 24.8. The van der Waals surface area contributed by atoms with Crippen LogP contribution < -0.4 is 21.3 Å². The van der Waals surface area contributed by atoms with Crippen molar-refractivity contribution in [2.75, 3.05) is 31.1 Å². The maximum absolute atomic E-state index is 12.0. The maximum atomic E-state index is 12.0. The Kier molecular flexibility index (Phi) is 7.71. The van der Waals surface area contributed by atoms with Crippen LogP contribution in [-0.4, -0.2) is 54.3 Å². The molecule has 1 saturated carbocycles. The summed E-state index contributed by atoms with van der Waals surface area (Å²) in [7, 11) is 0. The molecule has 0 bridgehead atoms. The average molecular weight is 478 g/mol. The molecule has 0 radical (unpaired) electrons. The number of amidine groups is 1. The molecule has 2 amide bonds. The van der Waals surface area contributed by atoms with Gasteiger partial charge in [0, 0.05) is 50.5 Å². The molecule has 0 aromatic heterocycles. The first-order valence-electron chi connectivity index (χ1n) is 12.5. The number of carbonyl (C=O) groups excluding carboxylic acids is 2. The third-order valence-corrected chi connectivity index (χ3v) is 7.30. The molecule has 4 rings (SSSR count). The maximum Gasteiger partial charge on any atom is 0.253 e. The Morgan fingerprint density at radius 1 is 1.14 bits per heavy atom. The van der Waals surface area contributed by atoms with Gasteiger partial charge in [0.1, 0.15) is 5.84 Å². The number of amides is 2. The molecular formula is C26H35N7O2. The molecule has 0 unspecified atom stereocenters. The lowest BCUT2D eigenvalue weighted by molar-refractivity contribution is -0.120. The standard InChI is InChI=1S/C26H35N7O2/c27-12-9-26(30-17-22(24(29)34)23(28)31-25(35)20-5-6-20)10-15-32(16-11-26)18-19-3-7-21(8-4-19)33-13-1-2-14-33/h3-4,7-8,17,20,30H,1-2,5-6,9-11,13-16,18H2,(H2,29,34)(H2,28,31,35)/b22-17+. The van der Waals surface area contributed by atoms with Gasteiger partial charge in [-0.05, 0) is 56.2 Å². The van der Waals surface area contributed by atoms with Crippen molar-refractivity contribution < 1.29 is 9.59 Å². The normalized spacial score (nSPS) is 20.2. The van der Waals surface area contributed by atoms with Gasteiger partial charge in [0.2, 0.25) is 5.91 Å². The smallest absolute Gasteiger partial charge is 0.253 e. The molecular weight excluding hydrogens is 442 g/mol. The summed E-state index contributed by atoms with van der Waals surface area (Å²) in [5.74, 6) is -1.43. The molecule has 2 heterocycles. The number of nitrogens with one attached hydrogen (secondary N) is 3. The van der Waals surface area contributed by atoms with Gasteiger partial charge in [0.05, 0.1) is 23.6 Å². The topological polar surface area (TPSA) is 138 Å². The minimum Gasteiger partial charge on any atom is -0.384 e. The Balaban J connectivity index is 1.34. The first-order chi connectivity index (χ1) is 16.9. The SMILES string of the molecule is N#CCC1(N/C=C(\C(=N)NC(=O)C2CC2)C(N)=O)CCN(Cc2ccc(N3CCCC3)cc2)CC1. The Bertz CT molecular complexity index is 1010. The van der Waals surface area contributed by atoms with Crippen LogP contribution in [0.3, 0.4) is 0 Å². The van der Waals surface area contributed by atoms with Gasteiger partial charge >= 0.3 is 0 Å². The number of likely N-dealkylation sites (tertiary alicyclic amines) is 1. The van der Waals surface area contributed by atoms with Crippen molar-refractivity contribution >= 4 is 23.3 Å². The van der Waals surface area contributed by atoms with E-state index in [9.17, 15) is 14.9 Å². The van der Waals surface area contributed by atoms with Crippen LogP contribution in [0, 0.1) is 22.7 Å². The van der Waals surface area contributed by atoms with Gasteiger partial charge in [-0.1, -0.05) is 12.1 Å². The molecule has 2 saturated heterocycles. The van der Waals surface area contributed by atoms with Crippen LogP contribution in [0.1, 0.15) is 50.5 Å². The van der Waals surface area contributed by atoms with Crippen LogP contribution in [0.5, 0.6) is 0 Å². The number of nitrogens with two attached hydrogens (primary N) is 1. The van der Waals surface area contributed by atoms with E-state index in [2.05, 4.69) is 50.8 Å². The lowest BCUT2D eigenvalue weighted by atomic mass is 9.84. The molecule has 0 spiro atoms. The zero-order valence-electron chi connectivity index (χ0n) is 20.2. The van der Waals surface area contributed by atoms with Crippen LogP contribution in [0.25, 0.3) is 0 Å². The molecule has 5 N–H and O–H groups in total. The largest absolute Gasteiger partial charge is 0.384 e. The fraction of sp³-hybridized carbons (Fsp3) is 0.538. The number of hydrogen-bond acceptors (Lipinski definition) is 7. The molecule has 0 atom stereocenters. The number of rotatable bonds is 9. The van der Waals surface area contributed by atoms with E-state index >= 15 is 0 Å². The number of nitriles is 1. The minimum absolute atomic E-state index is 0.0804. The van der Waals surface area contributed by atoms with Gasteiger partial charge in [-0.15, -0.1) is 0 Å². The van der Waals surface area contributed by atoms with E-state index < -0.39 is 11.4 Å². The molecule has 9 heteroatoms. The van der Waals surface area contributed by atoms with E-state index in [1.165, 1.54) is 30.3 Å². The summed E-state index contributed by atoms with van der Waals surface area (Å²) in [5.41, 5.74) is 7.44. The van der Waals surface area contributed by atoms with Gasteiger partial charge in [-0.3, -0.25) is 19.9 Å². The van der Waals surface area contributed by atoms with E-state index in [4.69, 9.17) is 11.1 Å². The summed E-state index contributed by atoms with van der Waals surface area (Å²) >= 11 is 0. The number of piperidine rings is 1. The molecule has 3 fully saturated rings. The fourth-order valence-corrected chi connectivity index (χ4v) is 4.84. The van der Waals surface area contributed by atoms with E-state index in [-0.39, 0.29) is 29.7 Å². The lowest BCUT2D eigenvalue weighted by Crippen LogP contribution is -2.51. The monoisotopic (exact) mass is 477 g/mol. The second-order valence-corrected chi connectivity index (χ2v) is 9.96. The summed E-state index contributed by atoms with van der Waals surface area (Å²) in [5, 5.41) is 23.3. The van der Waals surface area contributed by atoms with Gasteiger partial charge in [0.15, 0.2) is 0 Å². The average Bonchev–Trinajstić information content (AvgIpc) is 3.56. The van der Waals surface area contributed by atoms with Crippen molar-refractivity contribution in [3.8, 4) is 6.07 Å². The number of anilines is 1. The quantitative estimate of drug-likeness (QED) is 0.244. The van der Waals surface area contributed by atoms with E-state index in [1.54, 1.807) is 0 Å². The van der Waals surface area contributed by atoms with Crippen molar-refractivity contribution in [3.05, 3.63) is 41.6 Å². The Labute approximate surface area is 206 Å². The van der Waals surface area contributed by atoms with E-state index in [1.807, 2.05) is 0 Å². The minimum atomic E-state index is -0.791. The summed E-state index contributed by atoms with van der Waals surface area (Å²) in [6, 6.07) is 11.1. The third-order valence-electron chi connectivity index (χ3n) is 7.30. The summed E-state index contributed by atoms with van der Waals surface area (Å²) in [4.78, 5) is 28.7.